The van der Waals surface area contributed by atoms with Gasteiger partial charge in [-0.1, -0.05) is 31.4 Å². The highest BCUT2D eigenvalue weighted by Gasteiger charge is 2.19. The normalized spacial score (nSPS) is 29.4. The fraction of sp³-hybridized carbons (Fsp3) is 0.875. The van der Waals surface area contributed by atoms with E-state index in [1.807, 2.05) is 0 Å². The van der Waals surface area contributed by atoms with Crippen molar-refractivity contribution in [2.45, 2.75) is 77.2 Å². The summed E-state index contributed by atoms with van der Waals surface area (Å²) in [5.41, 5.74) is 1.71. The van der Waals surface area contributed by atoms with E-state index in [1.54, 1.807) is 5.57 Å². The van der Waals surface area contributed by atoms with E-state index in [-0.39, 0.29) is 0 Å². The molecule has 1 nitrogen and oxygen atoms in total. The van der Waals surface area contributed by atoms with Gasteiger partial charge in [0.2, 0.25) is 0 Å². The van der Waals surface area contributed by atoms with Gasteiger partial charge in [0.05, 0.1) is 0 Å². The van der Waals surface area contributed by atoms with E-state index in [1.165, 1.54) is 70.8 Å². The van der Waals surface area contributed by atoms with Crippen molar-refractivity contribution in [3.8, 4) is 0 Å². The van der Waals surface area contributed by atoms with Crippen LogP contribution < -0.4 is 5.32 Å². The Bertz CT molecular complexity index is 236. The lowest BCUT2D eigenvalue weighted by Crippen LogP contribution is -2.33. The summed E-state index contributed by atoms with van der Waals surface area (Å²) < 4.78 is 0. The van der Waals surface area contributed by atoms with Crippen molar-refractivity contribution in [1.82, 2.24) is 5.32 Å². The third-order valence-corrected chi connectivity index (χ3v) is 4.56. The zero-order valence-electron chi connectivity index (χ0n) is 11.5. The maximum atomic E-state index is 3.77. The summed E-state index contributed by atoms with van der Waals surface area (Å²) in [5.74, 6) is 1.04. The summed E-state index contributed by atoms with van der Waals surface area (Å²) in [6.45, 7) is 3.54. The van der Waals surface area contributed by atoms with Gasteiger partial charge >= 0.3 is 0 Å². The first-order valence-electron chi connectivity index (χ1n) is 7.79. The van der Waals surface area contributed by atoms with Crippen LogP contribution in [0.1, 0.15) is 71.1 Å². The second kappa shape index (κ2) is 7.20. The van der Waals surface area contributed by atoms with Gasteiger partial charge in [-0.25, -0.2) is 0 Å². The first-order valence-corrected chi connectivity index (χ1v) is 7.79. The molecule has 1 saturated carbocycles. The fourth-order valence-corrected chi connectivity index (χ4v) is 3.46. The summed E-state index contributed by atoms with van der Waals surface area (Å²) in [4.78, 5) is 0. The molecule has 1 N–H and O–H groups in total. The molecule has 2 aliphatic carbocycles. The van der Waals surface area contributed by atoms with Crippen LogP contribution in [0.4, 0.5) is 0 Å². The smallest absolute Gasteiger partial charge is 0.00673 e. The standard InChI is InChI=1S/C16H29N/c1-2-5-14-8-10-16(11-9-14)17-13-12-15-6-3-4-7-15/h6,14,16-17H,2-5,7-13H2,1H3. The lowest BCUT2D eigenvalue weighted by Gasteiger charge is -2.29. The van der Waals surface area contributed by atoms with Crippen molar-refractivity contribution >= 4 is 0 Å². The molecule has 1 fully saturated rings. The molecule has 0 radical (unpaired) electrons. The van der Waals surface area contributed by atoms with Gasteiger partial charge in [-0.05, 0) is 63.8 Å². The van der Waals surface area contributed by atoms with E-state index in [0.717, 1.165) is 12.0 Å². The molecule has 0 aromatic carbocycles. The molecule has 0 aromatic heterocycles. The molecular formula is C16H29N. The zero-order chi connectivity index (χ0) is 11.9. The molecule has 0 atom stereocenters. The van der Waals surface area contributed by atoms with Crippen molar-refractivity contribution < 1.29 is 0 Å². The number of rotatable bonds is 6. The van der Waals surface area contributed by atoms with Gasteiger partial charge in [0.1, 0.15) is 0 Å². The minimum absolute atomic E-state index is 0.824. The van der Waals surface area contributed by atoms with Gasteiger partial charge in [0.15, 0.2) is 0 Å². The minimum Gasteiger partial charge on any atom is -0.314 e. The number of hydrogen-bond acceptors (Lipinski definition) is 1. The largest absolute Gasteiger partial charge is 0.314 e. The van der Waals surface area contributed by atoms with Gasteiger partial charge < -0.3 is 5.32 Å². The Labute approximate surface area is 107 Å². The SMILES string of the molecule is CCCC1CCC(NCCC2=CCCC2)CC1. The molecular weight excluding hydrogens is 206 g/mol. The molecule has 0 heterocycles. The highest BCUT2D eigenvalue weighted by molar-refractivity contribution is 5.07. The van der Waals surface area contributed by atoms with Crippen LogP contribution in [0.3, 0.4) is 0 Å². The van der Waals surface area contributed by atoms with Crippen LogP contribution in [0.15, 0.2) is 11.6 Å². The maximum absolute atomic E-state index is 3.77. The molecule has 0 bridgehead atoms. The van der Waals surface area contributed by atoms with Gasteiger partial charge in [0, 0.05) is 6.04 Å². The lowest BCUT2D eigenvalue weighted by atomic mass is 9.83. The Balaban J connectivity index is 1.55. The Hall–Kier alpha value is -0.300. The maximum Gasteiger partial charge on any atom is 0.00673 e. The third kappa shape index (κ3) is 4.46. The monoisotopic (exact) mass is 235 g/mol. The molecule has 1 heteroatoms. The quantitative estimate of drug-likeness (QED) is 0.671. The van der Waals surface area contributed by atoms with Gasteiger partial charge in [-0.3, -0.25) is 0 Å². The van der Waals surface area contributed by atoms with Gasteiger partial charge in [-0.2, -0.15) is 0 Å². The van der Waals surface area contributed by atoms with E-state index in [0.29, 0.717) is 0 Å². The first-order chi connectivity index (χ1) is 8.38. The van der Waals surface area contributed by atoms with E-state index in [4.69, 9.17) is 0 Å². The highest BCUT2D eigenvalue weighted by atomic mass is 14.9. The number of allylic oxidation sites excluding steroid dienone is 1. The second-order valence-corrected chi connectivity index (χ2v) is 5.97. The topological polar surface area (TPSA) is 12.0 Å². The first kappa shape index (κ1) is 13.1. The van der Waals surface area contributed by atoms with E-state index in [9.17, 15) is 0 Å². The van der Waals surface area contributed by atoms with Gasteiger partial charge in [0.25, 0.3) is 0 Å². The van der Waals surface area contributed by atoms with E-state index < -0.39 is 0 Å². The molecule has 0 unspecified atom stereocenters. The average molecular weight is 235 g/mol. The molecule has 0 aromatic rings. The van der Waals surface area contributed by atoms with Crippen LogP contribution in [0, 0.1) is 5.92 Å². The molecule has 0 spiro atoms. The van der Waals surface area contributed by atoms with Crippen molar-refractivity contribution in [3.05, 3.63) is 11.6 Å². The highest BCUT2D eigenvalue weighted by Crippen LogP contribution is 2.28. The van der Waals surface area contributed by atoms with E-state index in [2.05, 4.69) is 18.3 Å². The third-order valence-electron chi connectivity index (χ3n) is 4.56. The molecule has 0 saturated heterocycles. The van der Waals surface area contributed by atoms with E-state index >= 15 is 0 Å². The Morgan fingerprint density at radius 3 is 2.71 bits per heavy atom. The van der Waals surface area contributed by atoms with Crippen LogP contribution in [-0.2, 0) is 0 Å². The van der Waals surface area contributed by atoms with Crippen LogP contribution in [0.5, 0.6) is 0 Å². The molecule has 2 rings (SSSR count). The summed E-state index contributed by atoms with van der Waals surface area (Å²) in [5, 5.41) is 3.77. The molecule has 0 amide bonds. The van der Waals surface area contributed by atoms with Crippen LogP contribution >= 0.6 is 0 Å². The predicted molar refractivity (Wildman–Crippen MR) is 75.2 cm³/mol. The molecule has 2 aliphatic rings. The molecule has 0 aliphatic heterocycles. The number of nitrogens with one attached hydrogen (secondary N) is 1. The summed E-state index contributed by atoms with van der Waals surface area (Å²) in [6, 6.07) is 0.824. The summed E-state index contributed by atoms with van der Waals surface area (Å²) in [7, 11) is 0. The Morgan fingerprint density at radius 2 is 2.06 bits per heavy atom. The Kier molecular flexibility index (Phi) is 5.57. The fourth-order valence-electron chi connectivity index (χ4n) is 3.46. The zero-order valence-corrected chi connectivity index (χ0v) is 11.5. The van der Waals surface area contributed by atoms with Gasteiger partial charge in [-0.15, -0.1) is 0 Å². The van der Waals surface area contributed by atoms with Crippen molar-refractivity contribution in [3.63, 3.8) is 0 Å². The predicted octanol–water partition coefficient (Wildman–Crippen LogP) is 4.44. The van der Waals surface area contributed by atoms with Crippen molar-refractivity contribution in [1.29, 1.82) is 0 Å². The summed E-state index contributed by atoms with van der Waals surface area (Å²) in [6.07, 6.45) is 16.5. The summed E-state index contributed by atoms with van der Waals surface area (Å²) >= 11 is 0. The van der Waals surface area contributed by atoms with Crippen LogP contribution in [0.2, 0.25) is 0 Å². The minimum atomic E-state index is 0.824. The van der Waals surface area contributed by atoms with Crippen molar-refractivity contribution in [2.75, 3.05) is 6.54 Å². The molecule has 17 heavy (non-hydrogen) atoms. The number of hydrogen-bond donors (Lipinski definition) is 1. The lowest BCUT2D eigenvalue weighted by molar-refractivity contribution is 0.279. The van der Waals surface area contributed by atoms with Crippen LogP contribution in [0.25, 0.3) is 0 Å². The molecule has 98 valence electrons. The second-order valence-electron chi connectivity index (χ2n) is 5.97. The van der Waals surface area contributed by atoms with Crippen molar-refractivity contribution in [2.24, 2.45) is 5.92 Å². The van der Waals surface area contributed by atoms with Crippen LogP contribution in [-0.4, -0.2) is 12.6 Å². The Morgan fingerprint density at radius 1 is 1.24 bits per heavy atom. The average Bonchev–Trinajstić information content (AvgIpc) is 2.85.